The van der Waals surface area contributed by atoms with Gasteiger partial charge in [-0.3, -0.25) is 14.7 Å². The Balaban J connectivity index is 1.68. The van der Waals surface area contributed by atoms with Crippen molar-refractivity contribution in [3.63, 3.8) is 0 Å². The van der Waals surface area contributed by atoms with E-state index in [1.54, 1.807) is 36.1 Å². The van der Waals surface area contributed by atoms with Gasteiger partial charge < -0.3 is 4.90 Å². The van der Waals surface area contributed by atoms with Crippen LogP contribution in [-0.4, -0.2) is 49.2 Å². The normalized spacial score (nSPS) is 20.0. The molecule has 9 heteroatoms. The van der Waals surface area contributed by atoms with E-state index in [0.29, 0.717) is 17.0 Å². The SMILES string of the molecule is CC[C@H]1CN(C(C)c2ccc(C(C)(C)F)nc2)[C@H](CC)CN1c1cc(=O)n(C)n2cc(CC#N)nc12. The third-order valence-electron chi connectivity index (χ3n) is 7.50. The molecule has 4 rings (SSSR count). The first-order valence-corrected chi connectivity index (χ1v) is 12.7. The molecule has 192 valence electrons. The Morgan fingerprint density at radius 1 is 1.22 bits per heavy atom. The molecule has 0 bridgehead atoms. The molecular formula is C27H36FN7O. The van der Waals surface area contributed by atoms with E-state index in [1.165, 1.54) is 18.5 Å². The highest BCUT2D eigenvalue weighted by atomic mass is 19.1. The van der Waals surface area contributed by atoms with E-state index in [4.69, 9.17) is 10.2 Å². The second-order valence-corrected chi connectivity index (χ2v) is 10.2. The van der Waals surface area contributed by atoms with Gasteiger partial charge in [-0.05, 0) is 45.2 Å². The second kappa shape index (κ2) is 10.0. The summed E-state index contributed by atoms with van der Waals surface area (Å²) in [5.41, 5.74) is 2.09. The van der Waals surface area contributed by atoms with Crippen LogP contribution in [0.25, 0.3) is 5.65 Å². The van der Waals surface area contributed by atoms with Crippen molar-refractivity contribution < 1.29 is 4.39 Å². The number of imidazole rings is 1. The summed E-state index contributed by atoms with van der Waals surface area (Å²) in [6.07, 6.45) is 5.61. The Morgan fingerprint density at radius 2 is 1.94 bits per heavy atom. The van der Waals surface area contributed by atoms with Gasteiger partial charge >= 0.3 is 0 Å². The number of aromatic nitrogens is 4. The summed E-state index contributed by atoms with van der Waals surface area (Å²) in [6, 6.07) is 8.14. The van der Waals surface area contributed by atoms with Gasteiger partial charge in [0.05, 0.1) is 35.8 Å². The van der Waals surface area contributed by atoms with E-state index < -0.39 is 5.67 Å². The molecule has 36 heavy (non-hydrogen) atoms. The molecule has 1 aliphatic rings. The molecule has 4 heterocycles. The maximum Gasteiger partial charge on any atom is 0.267 e. The number of hydrogen-bond donors (Lipinski definition) is 0. The van der Waals surface area contributed by atoms with Gasteiger partial charge in [0, 0.05) is 50.5 Å². The molecule has 0 radical (unpaired) electrons. The zero-order valence-electron chi connectivity index (χ0n) is 22.1. The summed E-state index contributed by atoms with van der Waals surface area (Å²) in [4.78, 5) is 26.8. The lowest BCUT2D eigenvalue weighted by Crippen LogP contribution is -2.59. The van der Waals surface area contributed by atoms with Gasteiger partial charge in [-0.2, -0.15) is 5.26 Å². The number of aryl methyl sites for hydroxylation is 1. The van der Waals surface area contributed by atoms with Gasteiger partial charge in [-0.1, -0.05) is 19.9 Å². The summed E-state index contributed by atoms with van der Waals surface area (Å²) in [5, 5.41) is 9.16. The molecule has 0 aliphatic carbocycles. The summed E-state index contributed by atoms with van der Waals surface area (Å²) in [5.74, 6) is 0. The fraction of sp³-hybridized carbons (Fsp3) is 0.556. The molecule has 1 saturated heterocycles. The first kappa shape index (κ1) is 25.8. The molecule has 1 fully saturated rings. The van der Waals surface area contributed by atoms with Crippen molar-refractivity contribution in [3.05, 3.63) is 57.9 Å². The average molecular weight is 494 g/mol. The third kappa shape index (κ3) is 4.74. The van der Waals surface area contributed by atoms with E-state index in [-0.39, 0.29) is 30.1 Å². The maximum atomic E-state index is 14.3. The Hall–Kier alpha value is -3.25. The van der Waals surface area contributed by atoms with Crippen LogP contribution in [0, 0.1) is 11.3 Å². The molecule has 1 aliphatic heterocycles. The molecule has 0 N–H and O–H groups in total. The van der Waals surface area contributed by atoms with Gasteiger partial charge in [0.15, 0.2) is 5.65 Å². The summed E-state index contributed by atoms with van der Waals surface area (Å²) in [7, 11) is 1.71. The van der Waals surface area contributed by atoms with Crippen LogP contribution in [0.15, 0.2) is 35.4 Å². The van der Waals surface area contributed by atoms with Crippen molar-refractivity contribution in [1.29, 1.82) is 5.26 Å². The monoisotopic (exact) mass is 493 g/mol. The van der Waals surface area contributed by atoms with Crippen molar-refractivity contribution in [2.45, 2.75) is 77.7 Å². The summed E-state index contributed by atoms with van der Waals surface area (Å²) >= 11 is 0. The number of nitrogens with zero attached hydrogens (tertiary/aromatic N) is 7. The minimum atomic E-state index is -1.47. The lowest BCUT2D eigenvalue weighted by atomic mass is 9.97. The lowest BCUT2D eigenvalue weighted by molar-refractivity contribution is 0.101. The minimum absolute atomic E-state index is 0.112. The number of anilines is 1. The van der Waals surface area contributed by atoms with Gasteiger partial charge in [0.25, 0.3) is 5.56 Å². The smallest absolute Gasteiger partial charge is 0.267 e. The largest absolute Gasteiger partial charge is 0.362 e. The van der Waals surface area contributed by atoms with Crippen molar-refractivity contribution in [2.24, 2.45) is 7.05 Å². The van der Waals surface area contributed by atoms with Crippen molar-refractivity contribution in [2.75, 3.05) is 18.0 Å². The third-order valence-corrected chi connectivity index (χ3v) is 7.50. The molecule has 0 aromatic carbocycles. The highest BCUT2D eigenvalue weighted by Crippen LogP contribution is 2.34. The van der Waals surface area contributed by atoms with E-state index in [0.717, 1.165) is 37.2 Å². The topological polar surface area (TPSA) is 82.5 Å². The van der Waals surface area contributed by atoms with Crippen molar-refractivity contribution >= 4 is 11.3 Å². The Kier molecular flexibility index (Phi) is 7.19. The maximum absolute atomic E-state index is 14.3. The molecule has 3 aromatic rings. The quantitative estimate of drug-likeness (QED) is 0.492. The number of fused-ring (bicyclic) bond motifs is 1. The molecule has 3 atom stereocenters. The van der Waals surface area contributed by atoms with Crippen LogP contribution in [-0.2, 0) is 19.1 Å². The van der Waals surface area contributed by atoms with Crippen LogP contribution >= 0.6 is 0 Å². The minimum Gasteiger partial charge on any atom is -0.362 e. The second-order valence-electron chi connectivity index (χ2n) is 10.2. The van der Waals surface area contributed by atoms with E-state index in [1.807, 2.05) is 6.07 Å². The molecule has 3 aromatic heterocycles. The number of piperazine rings is 1. The molecule has 0 amide bonds. The lowest BCUT2D eigenvalue weighted by Gasteiger charge is -2.49. The summed E-state index contributed by atoms with van der Waals surface area (Å²) < 4.78 is 17.6. The number of halogens is 1. The van der Waals surface area contributed by atoms with Gasteiger partial charge in [-0.15, -0.1) is 0 Å². The molecular weight excluding hydrogens is 457 g/mol. The average Bonchev–Trinajstić information content (AvgIpc) is 3.29. The molecule has 1 unspecified atom stereocenters. The van der Waals surface area contributed by atoms with Crippen LogP contribution in [0.4, 0.5) is 10.1 Å². The Bertz CT molecular complexity index is 1320. The highest BCUT2D eigenvalue weighted by molar-refractivity contribution is 5.69. The summed E-state index contributed by atoms with van der Waals surface area (Å²) in [6.45, 7) is 11.1. The number of rotatable bonds is 7. The van der Waals surface area contributed by atoms with Gasteiger partial charge in [0.2, 0.25) is 0 Å². The Morgan fingerprint density at radius 3 is 2.53 bits per heavy atom. The zero-order valence-corrected chi connectivity index (χ0v) is 22.1. The van der Waals surface area contributed by atoms with Crippen LogP contribution in [0.3, 0.4) is 0 Å². The standard InChI is InChI=1S/C27H36FN7O/c1-7-21-17-34(23-13-25(36)32(6)35-15-20(11-12-29)31-26(23)35)22(8-2)16-33(21)18(3)19-9-10-24(30-14-19)27(4,5)28/h9-10,13-15,18,21-22H,7-8,11,16-17H2,1-6H3/t18?,21-,22+/m1/s1. The van der Waals surface area contributed by atoms with Crippen molar-refractivity contribution in [3.8, 4) is 6.07 Å². The van der Waals surface area contributed by atoms with Gasteiger partial charge in [-0.25, -0.2) is 18.6 Å². The zero-order chi connectivity index (χ0) is 26.2. The Labute approximate surface area is 212 Å². The van der Waals surface area contributed by atoms with Crippen LogP contribution in [0.1, 0.15) is 70.5 Å². The van der Waals surface area contributed by atoms with Crippen LogP contribution in [0.2, 0.25) is 0 Å². The first-order chi connectivity index (χ1) is 17.1. The fourth-order valence-electron chi connectivity index (χ4n) is 5.23. The number of pyridine rings is 1. The van der Waals surface area contributed by atoms with Crippen molar-refractivity contribution in [1.82, 2.24) is 24.1 Å². The number of nitriles is 1. The van der Waals surface area contributed by atoms with Gasteiger partial charge in [0.1, 0.15) is 5.67 Å². The predicted molar refractivity (Wildman–Crippen MR) is 139 cm³/mol. The molecule has 0 spiro atoms. The van der Waals surface area contributed by atoms with E-state index in [2.05, 4.69) is 41.6 Å². The highest BCUT2D eigenvalue weighted by Gasteiger charge is 2.36. The van der Waals surface area contributed by atoms with E-state index in [9.17, 15) is 9.18 Å². The molecule has 0 saturated carbocycles. The first-order valence-electron chi connectivity index (χ1n) is 12.7. The number of hydrogen-bond acceptors (Lipinski definition) is 6. The molecule has 8 nitrogen and oxygen atoms in total. The van der Waals surface area contributed by atoms with E-state index >= 15 is 0 Å². The van der Waals surface area contributed by atoms with Crippen LogP contribution in [0.5, 0.6) is 0 Å². The fourth-order valence-corrected chi connectivity index (χ4v) is 5.23. The van der Waals surface area contributed by atoms with Crippen LogP contribution < -0.4 is 10.5 Å². The predicted octanol–water partition coefficient (Wildman–Crippen LogP) is 4.14. The number of alkyl halides is 1.